The lowest BCUT2D eigenvalue weighted by atomic mass is 9.97. The zero-order valence-corrected chi connectivity index (χ0v) is 17.8. The third-order valence-corrected chi connectivity index (χ3v) is 6.33. The monoisotopic (exact) mass is 399 g/mol. The summed E-state index contributed by atoms with van der Waals surface area (Å²) in [6, 6.07) is 6.06. The molecule has 0 radical (unpaired) electrons. The molecule has 150 valence electrons. The molecule has 1 saturated heterocycles. The molecule has 0 bridgehead atoms. The summed E-state index contributed by atoms with van der Waals surface area (Å²) >= 11 is 1.67. The minimum atomic E-state index is 0.0725. The lowest BCUT2D eigenvalue weighted by Crippen LogP contribution is -2.39. The Balaban J connectivity index is 1.63. The first kappa shape index (κ1) is 20.5. The van der Waals surface area contributed by atoms with Crippen LogP contribution in [-0.4, -0.2) is 41.3 Å². The summed E-state index contributed by atoms with van der Waals surface area (Å²) in [5, 5.41) is 6.08. The van der Waals surface area contributed by atoms with Gasteiger partial charge in [-0.15, -0.1) is 11.3 Å². The molecule has 0 saturated carbocycles. The summed E-state index contributed by atoms with van der Waals surface area (Å²) in [5.74, 6) is 0.500. The molecular formula is C22H29N3O2S. The van der Waals surface area contributed by atoms with Crippen LogP contribution in [0.15, 0.2) is 23.6 Å². The van der Waals surface area contributed by atoms with Crippen molar-refractivity contribution in [3.8, 4) is 0 Å². The van der Waals surface area contributed by atoms with Gasteiger partial charge in [0.05, 0.1) is 10.7 Å². The van der Waals surface area contributed by atoms with Crippen molar-refractivity contribution in [3.05, 3.63) is 51.0 Å². The first-order valence-corrected chi connectivity index (χ1v) is 10.9. The SMILES string of the molecule is CCC(=O)NCCc1csc([C@@H]2CCCN(C(=O)c3cc(C)ccc3C)C2)n1. The van der Waals surface area contributed by atoms with E-state index < -0.39 is 0 Å². The van der Waals surface area contributed by atoms with Crippen LogP contribution in [0.4, 0.5) is 0 Å². The summed E-state index contributed by atoms with van der Waals surface area (Å²) in [6.07, 6.45) is 3.33. The number of carbonyl (C=O) groups excluding carboxylic acids is 2. The molecular weight excluding hydrogens is 370 g/mol. The molecule has 2 heterocycles. The van der Waals surface area contributed by atoms with Crippen LogP contribution in [0.1, 0.15) is 64.3 Å². The van der Waals surface area contributed by atoms with Gasteiger partial charge >= 0.3 is 0 Å². The second kappa shape index (κ2) is 9.32. The summed E-state index contributed by atoms with van der Waals surface area (Å²) in [6.45, 7) is 8.03. The normalized spacial score (nSPS) is 16.8. The standard InChI is InChI=1S/C22H29N3O2S/c1-4-20(26)23-10-9-18-14-28-21(24-18)17-6-5-11-25(13-17)22(27)19-12-15(2)7-8-16(19)3/h7-8,12,14,17H,4-6,9-11,13H2,1-3H3,(H,23,26)/t17-/m1/s1. The zero-order chi connectivity index (χ0) is 20.1. The number of aromatic nitrogens is 1. The van der Waals surface area contributed by atoms with Crippen LogP contribution in [0.5, 0.6) is 0 Å². The summed E-state index contributed by atoms with van der Waals surface area (Å²) < 4.78 is 0. The summed E-state index contributed by atoms with van der Waals surface area (Å²) in [4.78, 5) is 31.2. The van der Waals surface area contributed by atoms with Crippen molar-refractivity contribution in [2.45, 2.75) is 52.4 Å². The van der Waals surface area contributed by atoms with Gasteiger partial charge in [0.2, 0.25) is 5.91 Å². The van der Waals surface area contributed by atoms with E-state index in [1.54, 1.807) is 11.3 Å². The fourth-order valence-electron chi connectivity index (χ4n) is 3.58. The predicted molar refractivity (Wildman–Crippen MR) is 113 cm³/mol. The number of likely N-dealkylation sites (tertiary alicyclic amines) is 1. The number of aryl methyl sites for hydroxylation is 2. The van der Waals surface area contributed by atoms with Crippen LogP contribution in [0, 0.1) is 13.8 Å². The molecule has 1 atom stereocenters. The quantitative estimate of drug-likeness (QED) is 0.803. The first-order valence-electron chi connectivity index (χ1n) is 10.1. The Bertz CT molecular complexity index is 846. The van der Waals surface area contributed by atoms with E-state index in [0.717, 1.165) is 59.7 Å². The highest BCUT2D eigenvalue weighted by Gasteiger charge is 2.28. The summed E-state index contributed by atoms with van der Waals surface area (Å²) in [5.41, 5.74) is 3.98. The number of hydrogen-bond donors (Lipinski definition) is 1. The van der Waals surface area contributed by atoms with E-state index >= 15 is 0 Å². The van der Waals surface area contributed by atoms with Crippen LogP contribution in [0.2, 0.25) is 0 Å². The Kier molecular flexibility index (Phi) is 6.83. The summed E-state index contributed by atoms with van der Waals surface area (Å²) in [7, 11) is 0. The fourth-order valence-corrected chi connectivity index (χ4v) is 4.56. The van der Waals surface area contributed by atoms with Crippen molar-refractivity contribution in [3.63, 3.8) is 0 Å². The van der Waals surface area contributed by atoms with E-state index in [4.69, 9.17) is 4.98 Å². The van der Waals surface area contributed by atoms with Crippen molar-refractivity contribution >= 4 is 23.2 Å². The first-order chi connectivity index (χ1) is 13.5. The minimum Gasteiger partial charge on any atom is -0.356 e. The molecule has 0 spiro atoms. The Morgan fingerprint density at radius 3 is 2.93 bits per heavy atom. The van der Waals surface area contributed by atoms with Gasteiger partial charge in [0.25, 0.3) is 5.91 Å². The van der Waals surface area contributed by atoms with Crippen LogP contribution in [0.25, 0.3) is 0 Å². The molecule has 1 aliphatic heterocycles. The van der Waals surface area contributed by atoms with E-state index in [-0.39, 0.29) is 11.8 Å². The van der Waals surface area contributed by atoms with E-state index in [0.29, 0.717) is 18.9 Å². The molecule has 1 N–H and O–H groups in total. The van der Waals surface area contributed by atoms with Gasteiger partial charge in [-0.05, 0) is 38.3 Å². The van der Waals surface area contributed by atoms with E-state index in [1.807, 2.05) is 43.9 Å². The molecule has 2 amide bonds. The lowest BCUT2D eigenvalue weighted by molar-refractivity contribution is -0.120. The topological polar surface area (TPSA) is 62.3 Å². The number of hydrogen-bond acceptors (Lipinski definition) is 4. The molecule has 1 aliphatic rings. The van der Waals surface area contributed by atoms with Crippen LogP contribution in [-0.2, 0) is 11.2 Å². The number of thiazole rings is 1. The molecule has 1 aromatic heterocycles. The number of rotatable bonds is 6. The van der Waals surface area contributed by atoms with Gasteiger partial charge in [0, 0.05) is 49.3 Å². The second-order valence-corrected chi connectivity index (χ2v) is 8.43. The van der Waals surface area contributed by atoms with Gasteiger partial charge in [-0.3, -0.25) is 9.59 Å². The van der Waals surface area contributed by atoms with Crippen LogP contribution >= 0.6 is 11.3 Å². The average Bonchev–Trinajstić information content (AvgIpc) is 3.18. The van der Waals surface area contributed by atoms with Gasteiger partial charge in [-0.2, -0.15) is 0 Å². The predicted octanol–water partition coefficient (Wildman–Crippen LogP) is 3.85. The maximum atomic E-state index is 13.1. The molecule has 1 aromatic carbocycles. The Hall–Kier alpha value is -2.21. The molecule has 2 aromatic rings. The highest BCUT2D eigenvalue weighted by atomic mass is 32.1. The van der Waals surface area contributed by atoms with Crippen LogP contribution < -0.4 is 5.32 Å². The van der Waals surface area contributed by atoms with E-state index in [2.05, 4.69) is 10.7 Å². The lowest BCUT2D eigenvalue weighted by Gasteiger charge is -2.32. The average molecular weight is 400 g/mol. The van der Waals surface area contributed by atoms with Gasteiger partial charge in [0.1, 0.15) is 0 Å². The van der Waals surface area contributed by atoms with Gasteiger partial charge < -0.3 is 10.2 Å². The molecule has 28 heavy (non-hydrogen) atoms. The Morgan fingerprint density at radius 1 is 1.32 bits per heavy atom. The fraction of sp³-hybridized carbons (Fsp3) is 0.500. The Labute approximate surface area is 171 Å². The number of nitrogens with zero attached hydrogens (tertiary/aromatic N) is 2. The van der Waals surface area contributed by atoms with Crippen molar-refractivity contribution in [2.75, 3.05) is 19.6 Å². The molecule has 0 unspecified atom stereocenters. The van der Waals surface area contributed by atoms with Gasteiger partial charge in [0.15, 0.2) is 0 Å². The van der Waals surface area contributed by atoms with Crippen LogP contribution in [0.3, 0.4) is 0 Å². The number of nitrogens with one attached hydrogen (secondary N) is 1. The van der Waals surface area contributed by atoms with Gasteiger partial charge in [-0.25, -0.2) is 4.98 Å². The van der Waals surface area contributed by atoms with E-state index in [9.17, 15) is 9.59 Å². The number of carbonyl (C=O) groups is 2. The minimum absolute atomic E-state index is 0.0725. The van der Waals surface area contributed by atoms with Crippen molar-refractivity contribution in [1.82, 2.24) is 15.2 Å². The molecule has 1 fully saturated rings. The smallest absolute Gasteiger partial charge is 0.254 e. The zero-order valence-electron chi connectivity index (χ0n) is 17.0. The van der Waals surface area contributed by atoms with Crippen molar-refractivity contribution in [1.29, 1.82) is 0 Å². The third kappa shape index (κ3) is 4.98. The second-order valence-electron chi connectivity index (χ2n) is 7.54. The maximum absolute atomic E-state index is 13.1. The number of benzene rings is 1. The third-order valence-electron chi connectivity index (χ3n) is 5.28. The number of piperidine rings is 1. The molecule has 3 rings (SSSR count). The molecule has 6 heteroatoms. The maximum Gasteiger partial charge on any atom is 0.254 e. The largest absolute Gasteiger partial charge is 0.356 e. The van der Waals surface area contributed by atoms with E-state index in [1.165, 1.54) is 0 Å². The highest BCUT2D eigenvalue weighted by molar-refractivity contribution is 7.09. The molecule has 5 nitrogen and oxygen atoms in total. The van der Waals surface area contributed by atoms with Gasteiger partial charge in [-0.1, -0.05) is 24.6 Å². The number of amides is 2. The highest BCUT2D eigenvalue weighted by Crippen LogP contribution is 2.30. The Morgan fingerprint density at radius 2 is 2.14 bits per heavy atom. The molecule has 0 aliphatic carbocycles. The van der Waals surface area contributed by atoms with Crippen molar-refractivity contribution in [2.24, 2.45) is 0 Å². The van der Waals surface area contributed by atoms with Crippen molar-refractivity contribution < 1.29 is 9.59 Å².